The number of nitrogens with two attached hydrogens (primary N) is 1. The summed E-state index contributed by atoms with van der Waals surface area (Å²) >= 11 is 0. The summed E-state index contributed by atoms with van der Waals surface area (Å²) in [6, 6.07) is 32.9. The highest BCUT2D eigenvalue weighted by Crippen LogP contribution is 2.30. The second-order valence-electron chi connectivity index (χ2n) is 9.47. The highest BCUT2D eigenvalue weighted by molar-refractivity contribution is 5.88. The van der Waals surface area contributed by atoms with E-state index >= 15 is 0 Å². The van der Waals surface area contributed by atoms with Crippen LogP contribution in [0.3, 0.4) is 0 Å². The lowest BCUT2D eigenvalue weighted by molar-refractivity contribution is -0.126. The van der Waals surface area contributed by atoms with E-state index in [-0.39, 0.29) is 19.6 Å². The van der Waals surface area contributed by atoms with Gasteiger partial charge in [-0.05, 0) is 34.4 Å². The van der Waals surface area contributed by atoms with Crippen molar-refractivity contribution in [2.45, 2.75) is 32.3 Å². The summed E-state index contributed by atoms with van der Waals surface area (Å²) < 4.78 is 17.3. The highest BCUT2D eigenvalue weighted by Gasteiger charge is 2.20. The zero-order valence-corrected chi connectivity index (χ0v) is 23.0. The van der Waals surface area contributed by atoms with Crippen LogP contribution < -0.4 is 25.8 Å². The summed E-state index contributed by atoms with van der Waals surface area (Å²) in [5.41, 5.74) is 9.09. The van der Waals surface area contributed by atoms with Gasteiger partial charge in [0.15, 0.2) is 11.5 Å². The van der Waals surface area contributed by atoms with E-state index in [1.807, 2.05) is 91.0 Å². The fourth-order valence-electron chi connectivity index (χ4n) is 4.01. The van der Waals surface area contributed by atoms with Gasteiger partial charge in [-0.1, -0.05) is 97.1 Å². The number of primary amides is 1. The quantitative estimate of drug-likeness (QED) is 0.209. The second kappa shape index (κ2) is 15.5. The van der Waals surface area contributed by atoms with E-state index in [1.165, 1.54) is 0 Å². The molecule has 9 nitrogen and oxygen atoms in total. The van der Waals surface area contributed by atoms with Gasteiger partial charge in [-0.3, -0.25) is 9.59 Å². The van der Waals surface area contributed by atoms with E-state index in [1.54, 1.807) is 18.2 Å². The smallest absolute Gasteiger partial charge is 0.407 e. The Bertz CT molecular complexity index is 1450. The zero-order valence-electron chi connectivity index (χ0n) is 23.0. The molecule has 1 atom stereocenters. The molecule has 9 heteroatoms. The van der Waals surface area contributed by atoms with E-state index in [0.717, 1.165) is 16.7 Å². The summed E-state index contributed by atoms with van der Waals surface area (Å²) in [7, 11) is 0. The lowest BCUT2D eigenvalue weighted by Gasteiger charge is -2.18. The predicted molar refractivity (Wildman–Crippen MR) is 157 cm³/mol. The Balaban J connectivity index is 1.36. The Kier molecular flexibility index (Phi) is 10.9. The molecule has 4 aromatic carbocycles. The SMILES string of the molecule is NC(=O)[C@@H](Cc1ccc(OCc2ccccc2)c(OCc2ccccc2)c1)NC(=O)CNC(=O)OCc1ccccc1. The summed E-state index contributed by atoms with van der Waals surface area (Å²) in [6.45, 7) is 0.351. The van der Waals surface area contributed by atoms with Gasteiger partial charge in [0.1, 0.15) is 32.4 Å². The Morgan fingerprint density at radius 1 is 0.643 bits per heavy atom. The summed E-state index contributed by atoms with van der Waals surface area (Å²) in [5.74, 6) is -0.272. The van der Waals surface area contributed by atoms with E-state index < -0.39 is 23.9 Å². The van der Waals surface area contributed by atoms with Crippen molar-refractivity contribution in [3.63, 3.8) is 0 Å². The number of ether oxygens (including phenoxy) is 3. The minimum absolute atomic E-state index is 0.0674. The van der Waals surface area contributed by atoms with Crippen molar-refractivity contribution in [1.82, 2.24) is 10.6 Å². The fraction of sp³-hybridized carbons (Fsp3) is 0.182. The number of rotatable bonds is 14. The molecule has 0 heterocycles. The van der Waals surface area contributed by atoms with Crippen LogP contribution in [0.2, 0.25) is 0 Å². The number of amides is 3. The molecule has 0 aliphatic carbocycles. The van der Waals surface area contributed by atoms with Crippen LogP contribution in [0.25, 0.3) is 0 Å². The van der Waals surface area contributed by atoms with Crippen LogP contribution in [0.15, 0.2) is 109 Å². The monoisotopic (exact) mass is 567 g/mol. The Hall–Kier alpha value is -5.31. The Morgan fingerprint density at radius 2 is 1.17 bits per heavy atom. The maximum atomic E-state index is 12.5. The number of hydrogen-bond donors (Lipinski definition) is 3. The van der Waals surface area contributed by atoms with Crippen LogP contribution >= 0.6 is 0 Å². The molecule has 0 aromatic heterocycles. The van der Waals surface area contributed by atoms with Crippen LogP contribution in [-0.4, -0.2) is 30.5 Å². The third-order valence-corrected chi connectivity index (χ3v) is 6.21. The number of benzene rings is 4. The van der Waals surface area contributed by atoms with Crippen LogP contribution in [0.5, 0.6) is 11.5 Å². The third kappa shape index (κ3) is 9.71. The molecule has 0 fully saturated rings. The third-order valence-electron chi connectivity index (χ3n) is 6.21. The molecule has 216 valence electrons. The molecule has 0 unspecified atom stereocenters. The normalized spacial score (nSPS) is 11.1. The van der Waals surface area contributed by atoms with Crippen LogP contribution in [0.1, 0.15) is 22.3 Å². The molecule has 0 bridgehead atoms. The first-order valence-electron chi connectivity index (χ1n) is 13.5. The Labute approximate surface area is 244 Å². The largest absolute Gasteiger partial charge is 0.485 e. The molecule has 42 heavy (non-hydrogen) atoms. The zero-order chi connectivity index (χ0) is 29.6. The van der Waals surface area contributed by atoms with Crippen molar-refractivity contribution < 1.29 is 28.6 Å². The number of hydrogen-bond acceptors (Lipinski definition) is 6. The standard InChI is InChI=1S/C33H33N3O6/c34-32(38)28(36-31(37)20-35-33(39)42-23-26-14-8-3-9-15-26)18-27-16-17-29(40-21-24-10-4-1-5-11-24)30(19-27)41-22-25-12-6-2-7-13-25/h1-17,19,28H,18,20-23H2,(H2,34,38)(H,35,39)(H,36,37)/t28-/m1/s1. The number of carbonyl (C=O) groups is 3. The van der Waals surface area contributed by atoms with E-state index in [0.29, 0.717) is 30.3 Å². The first-order chi connectivity index (χ1) is 20.5. The first kappa shape index (κ1) is 29.7. The molecule has 0 aliphatic rings. The second-order valence-corrected chi connectivity index (χ2v) is 9.47. The van der Waals surface area contributed by atoms with Crippen LogP contribution in [-0.2, 0) is 40.6 Å². The van der Waals surface area contributed by atoms with Crippen LogP contribution in [0, 0.1) is 0 Å². The number of nitrogens with one attached hydrogen (secondary N) is 2. The van der Waals surface area contributed by atoms with Crippen LogP contribution in [0.4, 0.5) is 4.79 Å². The first-order valence-corrected chi connectivity index (χ1v) is 13.5. The molecule has 3 amide bonds. The minimum atomic E-state index is -1.02. The molecule has 4 rings (SSSR count). The summed E-state index contributed by atoms with van der Waals surface area (Å²) in [6.07, 6.45) is -0.642. The maximum absolute atomic E-state index is 12.5. The van der Waals surface area contributed by atoms with E-state index in [2.05, 4.69) is 10.6 Å². The number of alkyl carbamates (subject to hydrolysis) is 1. The molecular formula is C33H33N3O6. The van der Waals surface area contributed by atoms with Crippen molar-refractivity contribution >= 4 is 17.9 Å². The van der Waals surface area contributed by atoms with Gasteiger partial charge in [0.2, 0.25) is 11.8 Å². The van der Waals surface area contributed by atoms with Crippen molar-refractivity contribution in [1.29, 1.82) is 0 Å². The van der Waals surface area contributed by atoms with Crippen molar-refractivity contribution in [2.24, 2.45) is 5.73 Å². The number of carbonyl (C=O) groups excluding carboxylic acids is 3. The van der Waals surface area contributed by atoms with Crippen molar-refractivity contribution in [3.05, 3.63) is 131 Å². The van der Waals surface area contributed by atoms with Gasteiger partial charge in [0.05, 0.1) is 0 Å². The molecule has 0 radical (unpaired) electrons. The molecular weight excluding hydrogens is 534 g/mol. The molecule has 0 saturated heterocycles. The molecule has 4 aromatic rings. The lowest BCUT2D eigenvalue weighted by atomic mass is 10.0. The van der Waals surface area contributed by atoms with Gasteiger partial charge in [0, 0.05) is 6.42 Å². The summed E-state index contributed by atoms with van der Waals surface area (Å²) in [4.78, 5) is 36.7. The van der Waals surface area contributed by atoms with Gasteiger partial charge in [0.25, 0.3) is 0 Å². The van der Waals surface area contributed by atoms with Gasteiger partial charge in [-0.15, -0.1) is 0 Å². The topological polar surface area (TPSA) is 129 Å². The lowest BCUT2D eigenvalue weighted by Crippen LogP contribution is -2.49. The molecule has 4 N–H and O–H groups in total. The molecule has 0 saturated carbocycles. The van der Waals surface area contributed by atoms with Crippen molar-refractivity contribution in [3.8, 4) is 11.5 Å². The van der Waals surface area contributed by atoms with Gasteiger partial charge in [-0.2, -0.15) is 0 Å². The fourth-order valence-corrected chi connectivity index (χ4v) is 4.01. The summed E-state index contributed by atoms with van der Waals surface area (Å²) in [5, 5.41) is 4.95. The van der Waals surface area contributed by atoms with E-state index in [9.17, 15) is 14.4 Å². The highest BCUT2D eigenvalue weighted by atomic mass is 16.5. The average molecular weight is 568 g/mol. The molecule has 0 spiro atoms. The average Bonchev–Trinajstić information content (AvgIpc) is 3.02. The Morgan fingerprint density at radius 3 is 1.71 bits per heavy atom. The minimum Gasteiger partial charge on any atom is -0.485 e. The van der Waals surface area contributed by atoms with Crippen molar-refractivity contribution in [2.75, 3.05) is 6.54 Å². The maximum Gasteiger partial charge on any atom is 0.407 e. The predicted octanol–water partition coefficient (Wildman–Crippen LogP) is 4.28. The molecule has 0 aliphatic heterocycles. The van der Waals surface area contributed by atoms with Gasteiger partial charge < -0.3 is 30.6 Å². The van der Waals surface area contributed by atoms with Gasteiger partial charge in [-0.25, -0.2) is 4.79 Å². The van der Waals surface area contributed by atoms with E-state index in [4.69, 9.17) is 19.9 Å². The van der Waals surface area contributed by atoms with Gasteiger partial charge >= 0.3 is 6.09 Å².